The zero-order valence-electron chi connectivity index (χ0n) is 7.67. The average molecular weight is 161 g/mol. The second kappa shape index (κ2) is 4.07. The number of rotatable bonds is 3. The molecule has 1 N–H and O–H groups in total. The Kier molecular flexibility index (Phi) is 3.06. The first-order valence-corrected chi connectivity index (χ1v) is 4.17. The Bertz CT molecular complexity index is 248. The summed E-state index contributed by atoms with van der Waals surface area (Å²) in [6.45, 7) is 5.85. The maximum atomic E-state index is 3.71. The maximum absolute atomic E-state index is 3.71. The van der Waals surface area contributed by atoms with Crippen LogP contribution in [0.4, 0.5) is 0 Å². The Balaban J connectivity index is 2.84. The van der Waals surface area contributed by atoms with Crippen LogP contribution < -0.4 is 5.32 Å². The van der Waals surface area contributed by atoms with Gasteiger partial charge in [-0.15, -0.1) is 0 Å². The van der Waals surface area contributed by atoms with Gasteiger partial charge in [-0.3, -0.25) is 0 Å². The molecule has 0 radical (unpaired) electrons. The zero-order valence-corrected chi connectivity index (χ0v) is 7.67. The van der Waals surface area contributed by atoms with E-state index in [-0.39, 0.29) is 0 Å². The van der Waals surface area contributed by atoms with Gasteiger partial charge in [0, 0.05) is 6.04 Å². The van der Waals surface area contributed by atoms with Crippen LogP contribution in [0.3, 0.4) is 0 Å². The van der Waals surface area contributed by atoms with Crippen molar-refractivity contribution in [2.24, 2.45) is 0 Å². The van der Waals surface area contributed by atoms with E-state index in [4.69, 9.17) is 0 Å². The minimum atomic E-state index is 0.420. The van der Waals surface area contributed by atoms with E-state index in [0.29, 0.717) is 6.04 Å². The van der Waals surface area contributed by atoms with Gasteiger partial charge >= 0.3 is 0 Å². The average Bonchev–Trinajstić information content (AvgIpc) is 2.17. The number of hydrogen-bond acceptors (Lipinski definition) is 1. The van der Waals surface area contributed by atoms with Gasteiger partial charge in [-0.1, -0.05) is 36.9 Å². The molecule has 0 aliphatic rings. The van der Waals surface area contributed by atoms with E-state index in [0.717, 1.165) is 0 Å². The highest BCUT2D eigenvalue weighted by molar-refractivity contribution is 5.47. The van der Waals surface area contributed by atoms with Crippen LogP contribution in [-0.2, 0) is 0 Å². The van der Waals surface area contributed by atoms with Crippen molar-refractivity contribution in [1.29, 1.82) is 0 Å². The number of hydrogen-bond donors (Lipinski definition) is 1. The van der Waals surface area contributed by atoms with Crippen LogP contribution >= 0.6 is 0 Å². The summed E-state index contributed by atoms with van der Waals surface area (Å²) in [6, 6.07) is 8.83. The fourth-order valence-corrected chi connectivity index (χ4v) is 1.09. The van der Waals surface area contributed by atoms with Gasteiger partial charge in [-0.2, -0.15) is 0 Å². The van der Waals surface area contributed by atoms with Crippen molar-refractivity contribution in [3.05, 3.63) is 42.0 Å². The van der Waals surface area contributed by atoms with Crippen molar-refractivity contribution in [1.82, 2.24) is 5.32 Å². The molecule has 1 aromatic carbocycles. The molecule has 64 valence electrons. The molecule has 0 heterocycles. The van der Waals surface area contributed by atoms with Crippen LogP contribution in [0.25, 0.3) is 6.08 Å². The molecule has 0 aliphatic carbocycles. The van der Waals surface area contributed by atoms with Gasteiger partial charge in [-0.25, -0.2) is 0 Å². The topological polar surface area (TPSA) is 12.0 Å². The lowest BCUT2D eigenvalue weighted by Gasteiger charge is -2.09. The van der Waals surface area contributed by atoms with Crippen molar-refractivity contribution in [3.63, 3.8) is 0 Å². The van der Waals surface area contributed by atoms with Crippen LogP contribution in [0.1, 0.15) is 24.1 Å². The van der Waals surface area contributed by atoms with E-state index < -0.39 is 0 Å². The van der Waals surface area contributed by atoms with Crippen molar-refractivity contribution >= 4 is 6.08 Å². The van der Waals surface area contributed by atoms with E-state index in [2.05, 4.69) is 43.1 Å². The Morgan fingerprint density at radius 2 is 1.92 bits per heavy atom. The van der Waals surface area contributed by atoms with Crippen molar-refractivity contribution in [2.45, 2.75) is 13.0 Å². The largest absolute Gasteiger partial charge is 0.313 e. The van der Waals surface area contributed by atoms with Crippen molar-refractivity contribution < 1.29 is 0 Å². The first-order valence-electron chi connectivity index (χ1n) is 4.17. The number of benzene rings is 1. The minimum absolute atomic E-state index is 0.420. The molecule has 1 aromatic rings. The van der Waals surface area contributed by atoms with Gasteiger partial charge < -0.3 is 5.32 Å². The SMILES string of the molecule is C=Cc1ccc(C(C)NC)cc1. The summed E-state index contributed by atoms with van der Waals surface area (Å²) in [4.78, 5) is 0. The third kappa shape index (κ3) is 1.95. The predicted octanol–water partition coefficient (Wildman–Crippen LogP) is 2.61. The van der Waals surface area contributed by atoms with Crippen LogP contribution in [-0.4, -0.2) is 7.05 Å². The molecular formula is C11H15N. The summed E-state index contributed by atoms with van der Waals surface area (Å²) < 4.78 is 0. The Labute approximate surface area is 74.1 Å². The molecular weight excluding hydrogens is 146 g/mol. The first kappa shape index (κ1) is 9.01. The quantitative estimate of drug-likeness (QED) is 0.718. The second-order valence-corrected chi connectivity index (χ2v) is 2.88. The maximum Gasteiger partial charge on any atom is 0.0289 e. The Hall–Kier alpha value is -1.08. The van der Waals surface area contributed by atoms with E-state index in [1.165, 1.54) is 11.1 Å². The highest BCUT2D eigenvalue weighted by atomic mass is 14.8. The fraction of sp³-hybridized carbons (Fsp3) is 0.273. The summed E-state index contributed by atoms with van der Waals surface area (Å²) in [5.41, 5.74) is 2.48. The molecule has 0 aromatic heterocycles. The molecule has 0 aliphatic heterocycles. The lowest BCUT2D eigenvalue weighted by molar-refractivity contribution is 0.652. The molecule has 0 saturated carbocycles. The minimum Gasteiger partial charge on any atom is -0.313 e. The van der Waals surface area contributed by atoms with Gasteiger partial charge in [0.15, 0.2) is 0 Å². The predicted molar refractivity (Wildman–Crippen MR) is 54.0 cm³/mol. The van der Waals surface area contributed by atoms with Crippen LogP contribution in [0.2, 0.25) is 0 Å². The molecule has 0 spiro atoms. The van der Waals surface area contributed by atoms with Crippen molar-refractivity contribution in [2.75, 3.05) is 7.05 Å². The van der Waals surface area contributed by atoms with E-state index in [1.807, 2.05) is 13.1 Å². The summed E-state index contributed by atoms with van der Waals surface area (Å²) >= 11 is 0. The van der Waals surface area contributed by atoms with Gasteiger partial charge in [-0.05, 0) is 25.1 Å². The van der Waals surface area contributed by atoms with E-state index >= 15 is 0 Å². The molecule has 0 saturated heterocycles. The highest BCUT2D eigenvalue weighted by Crippen LogP contribution is 2.12. The molecule has 1 rings (SSSR count). The summed E-state index contributed by atoms with van der Waals surface area (Å²) in [6.07, 6.45) is 1.85. The smallest absolute Gasteiger partial charge is 0.0289 e. The molecule has 1 heteroatoms. The number of nitrogens with one attached hydrogen (secondary N) is 1. The molecule has 12 heavy (non-hydrogen) atoms. The fourth-order valence-electron chi connectivity index (χ4n) is 1.09. The van der Waals surface area contributed by atoms with Gasteiger partial charge in [0.05, 0.1) is 0 Å². The second-order valence-electron chi connectivity index (χ2n) is 2.88. The molecule has 0 bridgehead atoms. The van der Waals surface area contributed by atoms with Crippen LogP contribution in [0.15, 0.2) is 30.8 Å². The lowest BCUT2D eigenvalue weighted by Crippen LogP contribution is -2.11. The standard InChI is InChI=1S/C11H15N/c1-4-10-5-7-11(8-6-10)9(2)12-3/h4-9,12H,1H2,2-3H3. The van der Waals surface area contributed by atoms with Crippen LogP contribution in [0, 0.1) is 0 Å². The Morgan fingerprint density at radius 3 is 2.33 bits per heavy atom. The third-order valence-electron chi connectivity index (χ3n) is 2.11. The monoisotopic (exact) mass is 161 g/mol. The highest BCUT2D eigenvalue weighted by Gasteiger charge is 1.99. The zero-order chi connectivity index (χ0) is 8.97. The van der Waals surface area contributed by atoms with E-state index in [1.54, 1.807) is 0 Å². The normalized spacial score (nSPS) is 12.5. The van der Waals surface area contributed by atoms with Crippen LogP contribution in [0.5, 0.6) is 0 Å². The molecule has 1 nitrogen and oxygen atoms in total. The molecule has 0 fully saturated rings. The van der Waals surface area contributed by atoms with Gasteiger partial charge in [0.25, 0.3) is 0 Å². The molecule has 0 amide bonds. The van der Waals surface area contributed by atoms with Gasteiger partial charge in [0.1, 0.15) is 0 Å². The molecule has 1 atom stereocenters. The lowest BCUT2D eigenvalue weighted by atomic mass is 10.1. The van der Waals surface area contributed by atoms with Crippen molar-refractivity contribution in [3.8, 4) is 0 Å². The van der Waals surface area contributed by atoms with Gasteiger partial charge in [0.2, 0.25) is 0 Å². The Morgan fingerprint density at radius 1 is 1.33 bits per heavy atom. The third-order valence-corrected chi connectivity index (χ3v) is 2.11. The summed E-state index contributed by atoms with van der Waals surface area (Å²) in [7, 11) is 1.96. The summed E-state index contributed by atoms with van der Waals surface area (Å²) in [5, 5.41) is 3.19. The first-order chi connectivity index (χ1) is 5.77. The van der Waals surface area contributed by atoms with E-state index in [9.17, 15) is 0 Å². The summed E-state index contributed by atoms with van der Waals surface area (Å²) in [5.74, 6) is 0. The molecule has 1 unspecified atom stereocenters.